The van der Waals surface area contributed by atoms with Gasteiger partial charge in [0.1, 0.15) is 11.7 Å². The average molecular weight is 622 g/mol. The van der Waals surface area contributed by atoms with Crippen LogP contribution in [-0.4, -0.2) is 96.9 Å². The number of carbonyl (C=O) groups is 3. The number of fused-ring (bicyclic) bond motifs is 1. The predicted octanol–water partition coefficient (Wildman–Crippen LogP) is 2.88. The van der Waals surface area contributed by atoms with Gasteiger partial charge in [0.15, 0.2) is 11.5 Å². The number of carbonyl (C=O) groups excluding carboxylic acids is 3. The molecule has 3 amide bonds. The van der Waals surface area contributed by atoms with E-state index in [0.717, 1.165) is 67.5 Å². The van der Waals surface area contributed by atoms with Gasteiger partial charge in [-0.1, -0.05) is 6.07 Å². The van der Waals surface area contributed by atoms with E-state index in [9.17, 15) is 19.5 Å². The standard InChI is InChI=1S/C35H47N3O7/c1-23-35(43-2)22-33-14-16-37(21-24-7-8-24)27(34(33,35)13-5-18-39)20-25-9-10-26(32(45-23)31(25)33)44-19-4-3-6-28(40)36-15-17-38-29(41)11-12-30(38)42/h9-12,23-24,27,39H,3-8,13-22H2,1-2H3,(H,36,40)/t23-,27-,33-,34+,35+/m1/s1. The summed E-state index contributed by atoms with van der Waals surface area (Å²) >= 11 is 0. The van der Waals surface area contributed by atoms with E-state index in [-0.39, 0.29) is 54.4 Å². The fourth-order valence-corrected chi connectivity index (χ4v) is 9.90. The number of rotatable bonds is 15. The molecule has 4 aliphatic heterocycles. The first-order valence-corrected chi connectivity index (χ1v) is 17.0. The van der Waals surface area contributed by atoms with Crippen molar-refractivity contribution in [3.63, 3.8) is 0 Å². The zero-order chi connectivity index (χ0) is 31.4. The van der Waals surface area contributed by atoms with Crippen LogP contribution in [0.2, 0.25) is 0 Å². The molecule has 1 saturated heterocycles. The topological polar surface area (TPSA) is 118 Å². The number of unbranched alkanes of at least 4 members (excludes halogenated alkanes) is 1. The van der Waals surface area contributed by atoms with Crippen molar-refractivity contribution >= 4 is 17.7 Å². The molecule has 5 atom stereocenters. The Morgan fingerprint density at radius 3 is 2.69 bits per heavy atom. The van der Waals surface area contributed by atoms with Gasteiger partial charge in [-0.25, -0.2) is 0 Å². The molecule has 1 aromatic carbocycles. The van der Waals surface area contributed by atoms with Gasteiger partial charge in [0.25, 0.3) is 11.8 Å². The number of ether oxygens (including phenoxy) is 3. The molecule has 1 spiro atoms. The van der Waals surface area contributed by atoms with Crippen LogP contribution in [-0.2, 0) is 31.0 Å². The van der Waals surface area contributed by atoms with Crippen LogP contribution < -0.4 is 14.8 Å². The summed E-state index contributed by atoms with van der Waals surface area (Å²) in [6, 6.07) is 4.69. The number of piperidine rings is 1. The van der Waals surface area contributed by atoms with E-state index in [0.29, 0.717) is 31.9 Å². The van der Waals surface area contributed by atoms with Crippen LogP contribution in [0.4, 0.5) is 0 Å². The summed E-state index contributed by atoms with van der Waals surface area (Å²) in [6.07, 6.45) is 11.4. The molecule has 3 aliphatic carbocycles. The molecular formula is C35H47N3O7. The lowest BCUT2D eigenvalue weighted by Gasteiger charge is -2.78. The highest BCUT2D eigenvalue weighted by molar-refractivity contribution is 6.12. The number of amides is 3. The summed E-state index contributed by atoms with van der Waals surface area (Å²) < 4.78 is 19.9. The minimum absolute atomic E-state index is 0.0611. The number of aliphatic hydroxyl groups is 1. The van der Waals surface area contributed by atoms with Crippen LogP contribution in [0.3, 0.4) is 0 Å². The van der Waals surface area contributed by atoms with E-state index in [1.807, 2.05) is 7.11 Å². The van der Waals surface area contributed by atoms with E-state index in [4.69, 9.17) is 14.2 Å². The van der Waals surface area contributed by atoms with Crippen LogP contribution in [0.5, 0.6) is 11.5 Å². The Morgan fingerprint density at radius 2 is 1.96 bits per heavy atom. The number of likely N-dealkylation sites (tertiary alicyclic amines) is 1. The van der Waals surface area contributed by atoms with Gasteiger partial charge >= 0.3 is 0 Å². The Balaban J connectivity index is 1.04. The molecule has 3 fully saturated rings. The molecule has 2 saturated carbocycles. The van der Waals surface area contributed by atoms with E-state index in [1.165, 1.54) is 36.1 Å². The number of imide groups is 1. The molecular weight excluding hydrogens is 574 g/mol. The first-order chi connectivity index (χ1) is 21.8. The minimum atomic E-state index is -0.428. The fraction of sp³-hybridized carbons (Fsp3) is 0.686. The molecule has 7 aliphatic rings. The molecule has 10 heteroatoms. The lowest BCUT2D eigenvalue weighted by Crippen LogP contribution is -2.85. The highest BCUT2D eigenvalue weighted by Crippen LogP contribution is 2.78. The van der Waals surface area contributed by atoms with Crippen molar-refractivity contribution in [3.8, 4) is 11.5 Å². The van der Waals surface area contributed by atoms with Crippen molar-refractivity contribution in [3.05, 3.63) is 35.4 Å². The second kappa shape index (κ2) is 11.7. The van der Waals surface area contributed by atoms with Gasteiger partial charge in [0.2, 0.25) is 5.91 Å². The number of benzene rings is 1. The maximum atomic E-state index is 12.3. The molecule has 45 heavy (non-hydrogen) atoms. The van der Waals surface area contributed by atoms with Crippen LogP contribution in [0.1, 0.15) is 75.8 Å². The first kappa shape index (κ1) is 30.7. The number of nitrogens with zero attached hydrogens (tertiary/aromatic N) is 2. The highest BCUT2D eigenvalue weighted by Gasteiger charge is 2.83. The molecule has 2 N–H and O–H groups in total. The number of hydrogen-bond donors (Lipinski definition) is 2. The van der Waals surface area contributed by atoms with Gasteiger partial charge in [-0.05, 0) is 88.8 Å². The summed E-state index contributed by atoms with van der Waals surface area (Å²) in [4.78, 5) is 39.6. The predicted molar refractivity (Wildman–Crippen MR) is 166 cm³/mol. The van der Waals surface area contributed by atoms with Gasteiger partial charge in [-0.3, -0.25) is 24.2 Å². The van der Waals surface area contributed by atoms with Gasteiger partial charge < -0.3 is 24.6 Å². The van der Waals surface area contributed by atoms with Crippen molar-refractivity contribution in [1.29, 1.82) is 0 Å². The number of aliphatic hydroxyl groups excluding tert-OH is 1. The summed E-state index contributed by atoms with van der Waals surface area (Å²) in [6.45, 7) is 5.47. The Labute approximate surface area is 265 Å². The smallest absolute Gasteiger partial charge is 0.253 e. The lowest BCUT2D eigenvalue weighted by atomic mass is 9.31. The van der Waals surface area contributed by atoms with E-state index < -0.39 is 5.60 Å². The van der Waals surface area contributed by atoms with Crippen LogP contribution in [0, 0.1) is 11.3 Å². The van der Waals surface area contributed by atoms with Crippen molar-refractivity contribution < 1.29 is 33.7 Å². The largest absolute Gasteiger partial charge is 0.490 e. The monoisotopic (exact) mass is 621 g/mol. The maximum absolute atomic E-state index is 12.3. The summed E-state index contributed by atoms with van der Waals surface area (Å²) in [5.74, 6) is 1.66. The fourth-order valence-electron chi connectivity index (χ4n) is 9.90. The van der Waals surface area contributed by atoms with Crippen LogP contribution in [0.15, 0.2) is 24.3 Å². The molecule has 8 rings (SSSR count). The number of nitrogens with one attached hydrogen (secondary N) is 1. The van der Waals surface area contributed by atoms with Crippen molar-refractivity contribution in [1.82, 2.24) is 15.1 Å². The van der Waals surface area contributed by atoms with Crippen molar-refractivity contribution in [2.45, 2.75) is 94.3 Å². The SMILES string of the molecule is CO[C@@]12C[C@]34CCN(CC5CC5)[C@H](Cc5ccc(OCCCCC(=O)NCCN6C(=O)C=CC6=O)c(c53)O[C@@H]1C)[C@@]42CCCO. The Bertz CT molecular complexity index is 1380. The summed E-state index contributed by atoms with van der Waals surface area (Å²) in [5, 5.41) is 12.9. The average Bonchev–Trinajstić information content (AvgIpc) is 3.80. The van der Waals surface area contributed by atoms with E-state index in [1.54, 1.807) is 0 Å². The Hall–Kier alpha value is -2.95. The second-order valence-corrected chi connectivity index (χ2v) is 14.1. The minimum Gasteiger partial charge on any atom is -0.490 e. The van der Waals surface area contributed by atoms with Gasteiger partial charge in [0.05, 0.1) is 6.61 Å². The molecule has 5 bridgehead atoms. The third kappa shape index (κ3) is 4.65. The van der Waals surface area contributed by atoms with Crippen molar-refractivity contribution in [2.75, 3.05) is 46.5 Å². The van der Waals surface area contributed by atoms with E-state index in [2.05, 4.69) is 29.3 Å². The maximum Gasteiger partial charge on any atom is 0.253 e. The molecule has 0 unspecified atom stereocenters. The van der Waals surface area contributed by atoms with E-state index >= 15 is 0 Å². The lowest BCUT2D eigenvalue weighted by molar-refractivity contribution is -0.317. The van der Waals surface area contributed by atoms with Crippen LogP contribution in [0.25, 0.3) is 0 Å². The Kier molecular flexibility index (Phi) is 7.97. The van der Waals surface area contributed by atoms with Crippen LogP contribution >= 0.6 is 0 Å². The molecule has 244 valence electrons. The Morgan fingerprint density at radius 1 is 1.16 bits per heavy atom. The first-order valence-electron chi connectivity index (χ1n) is 17.0. The zero-order valence-electron chi connectivity index (χ0n) is 26.6. The quantitative estimate of drug-likeness (QED) is 0.227. The molecule has 10 nitrogen and oxygen atoms in total. The van der Waals surface area contributed by atoms with Gasteiger partial charge in [-0.15, -0.1) is 0 Å². The molecule has 0 radical (unpaired) electrons. The summed E-state index contributed by atoms with van der Waals surface area (Å²) in [7, 11) is 1.86. The molecule has 1 aromatic rings. The number of hydrogen-bond acceptors (Lipinski definition) is 8. The number of methoxy groups -OCH3 is 1. The second-order valence-electron chi connectivity index (χ2n) is 14.1. The summed E-state index contributed by atoms with van der Waals surface area (Å²) in [5.41, 5.74) is 2.07. The third-order valence-corrected chi connectivity index (χ3v) is 12.0. The third-order valence-electron chi connectivity index (χ3n) is 12.0. The highest BCUT2D eigenvalue weighted by atomic mass is 16.6. The van der Waals surface area contributed by atoms with Gasteiger partial charge in [-0.2, -0.15) is 0 Å². The molecule has 4 heterocycles. The normalized spacial score (nSPS) is 32.6. The molecule has 0 aromatic heterocycles. The van der Waals surface area contributed by atoms with Gasteiger partial charge in [0, 0.05) is 74.4 Å². The van der Waals surface area contributed by atoms with Crippen molar-refractivity contribution in [2.24, 2.45) is 11.3 Å². The zero-order valence-corrected chi connectivity index (χ0v) is 26.6.